The van der Waals surface area contributed by atoms with Crippen LogP contribution < -0.4 is 4.90 Å². The molecule has 0 amide bonds. The Hall–Kier alpha value is -1.51. The number of terminal acetylenes is 1. The van der Waals surface area contributed by atoms with E-state index in [4.69, 9.17) is 9.72 Å². The number of likely N-dealkylation sites (tertiary alicyclic amines) is 1. The zero-order valence-corrected chi connectivity index (χ0v) is 16.4. The van der Waals surface area contributed by atoms with Gasteiger partial charge in [-0.2, -0.15) is 0 Å². The first-order chi connectivity index (χ1) is 12.7. The van der Waals surface area contributed by atoms with Gasteiger partial charge in [-0.25, -0.2) is 4.98 Å². The zero-order chi connectivity index (χ0) is 18.5. The topological polar surface area (TPSA) is 33.5 Å². The SMILES string of the molecule is C#C.CC1CC(OC2CCN(c3cn(C4CCN(C)CC4)cn3)CC2)C1. The minimum Gasteiger partial charge on any atom is -0.375 e. The summed E-state index contributed by atoms with van der Waals surface area (Å²) in [5.74, 6) is 2.03. The number of rotatable bonds is 4. The van der Waals surface area contributed by atoms with Crippen molar-refractivity contribution in [1.82, 2.24) is 14.5 Å². The first-order valence-corrected chi connectivity index (χ1v) is 10.1. The number of imidazole rings is 1. The highest BCUT2D eigenvalue weighted by Crippen LogP contribution is 2.32. The van der Waals surface area contributed by atoms with Crippen LogP contribution in [-0.2, 0) is 4.74 Å². The molecule has 0 radical (unpaired) electrons. The monoisotopic (exact) mass is 358 g/mol. The maximum atomic E-state index is 6.24. The van der Waals surface area contributed by atoms with E-state index < -0.39 is 0 Å². The second kappa shape index (κ2) is 8.92. The maximum Gasteiger partial charge on any atom is 0.146 e. The molecule has 4 rings (SSSR count). The summed E-state index contributed by atoms with van der Waals surface area (Å²) in [5, 5.41) is 0. The standard InChI is InChI=1S/C19H32N4O.C2H2/c1-15-11-18(12-15)24-17-5-9-22(10-6-17)19-13-23(14-20-19)16-3-7-21(2)8-4-16;1-2/h13-18H,3-12H2,1-2H3;1-2H. The highest BCUT2D eigenvalue weighted by atomic mass is 16.5. The van der Waals surface area contributed by atoms with Crippen molar-refractivity contribution in [3.8, 4) is 12.8 Å². The molecule has 2 aliphatic heterocycles. The number of aromatic nitrogens is 2. The lowest BCUT2D eigenvalue weighted by molar-refractivity contribution is -0.0791. The minimum absolute atomic E-state index is 0.467. The average molecular weight is 359 g/mol. The van der Waals surface area contributed by atoms with Crippen molar-refractivity contribution in [2.75, 3.05) is 38.1 Å². The third-order valence-electron chi connectivity index (χ3n) is 6.18. The van der Waals surface area contributed by atoms with E-state index >= 15 is 0 Å². The van der Waals surface area contributed by atoms with Crippen molar-refractivity contribution in [3.63, 3.8) is 0 Å². The van der Waals surface area contributed by atoms with E-state index in [9.17, 15) is 0 Å². The van der Waals surface area contributed by atoms with Crippen LogP contribution in [0.1, 0.15) is 51.5 Å². The Bertz CT molecular complexity index is 562. The van der Waals surface area contributed by atoms with E-state index in [-0.39, 0.29) is 0 Å². The normalized spacial score (nSPS) is 28.2. The number of nitrogens with zero attached hydrogens (tertiary/aromatic N) is 4. The summed E-state index contributed by atoms with van der Waals surface area (Å²) in [5.41, 5.74) is 0. The Morgan fingerprint density at radius 2 is 1.65 bits per heavy atom. The lowest BCUT2D eigenvalue weighted by atomic mass is 9.84. The summed E-state index contributed by atoms with van der Waals surface area (Å²) in [6.45, 7) is 6.87. The van der Waals surface area contributed by atoms with E-state index in [1.165, 1.54) is 38.8 Å². The molecule has 26 heavy (non-hydrogen) atoms. The van der Waals surface area contributed by atoms with Crippen LogP contribution in [0.25, 0.3) is 0 Å². The van der Waals surface area contributed by atoms with Crippen molar-refractivity contribution < 1.29 is 4.74 Å². The third kappa shape index (κ3) is 4.61. The molecular formula is C21H34N4O. The van der Waals surface area contributed by atoms with Crippen LogP contribution in [0.2, 0.25) is 0 Å². The Morgan fingerprint density at radius 1 is 1.00 bits per heavy atom. The molecule has 144 valence electrons. The van der Waals surface area contributed by atoms with Crippen LogP contribution in [0.5, 0.6) is 0 Å². The van der Waals surface area contributed by atoms with E-state index in [1.807, 2.05) is 6.33 Å². The molecular weight excluding hydrogens is 324 g/mol. The third-order valence-corrected chi connectivity index (χ3v) is 6.18. The molecule has 5 nitrogen and oxygen atoms in total. The van der Waals surface area contributed by atoms with Gasteiger partial charge in [-0.1, -0.05) is 6.92 Å². The van der Waals surface area contributed by atoms with Crippen molar-refractivity contribution in [3.05, 3.63) is 12.5 Å². The second-order valence-corrected chi connectivity index (χ2v) is 8.23. The largest absolute Gasteiger partial charge is 0.375 e. The summed E-state index contributed by atoms with van der Waals surface area (Å²) in [6, 6.07) is 0.629. The summed E-state index contributed by atoms with van der Waals surface area (Å²) in [6.07, 6.45) is 20.6. The number of hydrogen-bond donors (Lipinski definition) is 0. The van der Waals surface area contributed by atoms with Crippen LogP contribution in [0, 0.1) is 18.8 Å². The minimum atomic E-state index is 0.467. The molecule has 1 saturated carbocycles. The van der Waals surface area contributed by atoms with Gasteiger partial charge >= 0.3 is 0 Å². The molecule has 3 heterocycles. The second-order valence-electron chi connectivity index (χ2n) is 8.23. The van der Waals surface area contributed by atoms with E-state index in [1.54, 1.807) is 0 Å². The van der Waals surface area contributed by atoms with Gasteiger partial charge in [-0.3, -0.25) is 0 Å². The summed E-state index contributed by atoms with van der Waals surface area (Å²) >= 11 is 0. The Labute approximate surface area is 158 Å². The number of anilines is 1. The fourth-order valence-corrected chi connectivity index (χ4v) is 4.41. The molecule has 1 aromatic rings. The predicted octanol–water partition coefficient (Wildman–Crippen LogP) is 3.18. The van der Waals surface area contributed by atoms with Crippen molar-refractivity contribution in [1.29, 1.82) is 0 Å². The van der Waals surface area contributed by atoms with Gasteiger partial charge in [0.15, 0.2) is 0 Å². The lowest BCUT2D eigenvalue weighted by Crippen LogP contribution is -2.41. The summed E-state index contributed by atoms with van der Waals surface area (Å²) < 4.78 is 8.58. The first-order valence-electron chi connectivity index (χ1n) is 10.1. The van der Waals surface area contributed by atoms with E-state index in [0.29, 0.717) is 18.2 Å². The fourth-order valence-electron chi connectivity index (χ4n) is 4.41. The molecule has 3 aliphatic rings. The average Bonchev–Trinajstić information content (AvgIpc) is 3.13. The van der Waals surface area contributed by atoms with Crippen LogP contribution >= 0.6 is 0 Å². The Kier molecular flexibility index (Phi) is 6.61. The van der Waals surface area contributed by atoms with Crippen LogP contribution in [0.15, 0.2) is 12.5 Å². The van der Waals surface area contributed by atoms with Crippen LogP contribution in [0.4, 0.5) is 5.82 Å². The van der Waals surface area contributed by atoms with Crippen LogP contribution in [0.3, 0.4) is 0 Å². The lowest BCUT2D eigenvalue weighted by Gasteiger charge is -2.39. The zero-order valence-electron chi connectivity index (χ0n) is 16.4. The quantitative estimate of drug-likeness (QED) is 0.774. The molecule has 0 unspecified atom stereocenters. The van der Waals surface area contributed by atoms with Gasteiger partial charge in [-0.05, 0) is 64.6 Å². The molecule has 0 aromatic carbocycles. The summed E-state index contributed by atoms with van der Waals surface area (Å²) in [7, 11) is 2.21. The first kappa shape index (κ1) is 19.3. The fraction of sp³-hybridized carbons (Fsp3) is 0.762. The highest BCUT2D eigenvalue weighted by molar-refractivity contribution is 5.36. The Morgan fingerprint density at radius 3 is 2.27 bits per heavy atom. The van der Waals surface area contributed by atoms with Gasteiger partial charge in [0.2, 0.25) is 0 Å². The Balaban J connectivity index is 0.000000948. The van der Waals surface area contributed by atoms with Crippen molar-refractivity contribution >= 4 is 5.82 Å². The van der Waals surface area contributed by atoms with Gasteiger partial charge in [0.05, 0.1) is 18.5 Å². The van der Waals surface area contributed by atoms with Crippen molar-refractivity contribution in [2.45, 2.75) is 63.7 Å². The molecule has 1 aliphatic carbocycles. The van der Waals surface area contributed by atoms with E-state index in [0.717, 1.165) is 37.7 Å². The smallest absolute Gasteiger partial charge is 0.146 e. The molecule has 0 atom stereocenters. The number of piperidine rings is 2. The molecule has 1 aromatic heterocycles. The maximum absolute atomic E-state index is 6.24. The predicted molar refractivity (Wildman–Crippen MR) is 106 cm³/mol. The van der Waals surface area contributed by atoms with Gasteiger partial charge in [0.25, 0.3) is 0 Å². The van der Waals surface area contributed by atoms with Gasteiger partial charge < -0.3 is 19.1 Å². The molecule has 0 spiro atoms. The molecule has 0 bridgehead atoms. The summed E-state index contributed by atoms with van der Waals surface area (Å²) in [4.78, 5) is 9.55. The number of ether oxygens (including phenoxy) is 1. The molecule has 3 fully saturated rings. The van der Waals surface area contributed by atoms with E-state index in [2.05, 4.69) is 47.4 Å². The van der Waals surface area contributed by atoms with Gasteiger partial charge in [-0.15, -0.1) is 12.8 Å². The molecule has 5 heteroatoms. The van der Waals surface area contributed by atoms with Crippen molar-refractivity contribution in [2.24, 2.45) is 5.92 Å². The van der Waals surface area contributed by atoms with Gasteiger partial charge in [0.1, 0.15) is 5.82 Å². The van der Waals surface area contributed by atoms with Crippen LogP contribution in [-0.4, -0.2) is 59.9 Å². The number of hydrogen-bond acceptors (Lipinski definition) is 4. The molecule has 2 saturated heterocycles. The highest BCUT2D eigenvalue weighted by Gasteiger charge is 2.30. The molecule has 0 N–H and O–H groups in total. The van der Waals surface area contributed by atoms with Gasteiger partial charge in [0, 0.05) is 25.3 Å².